The van der Waals surface area contributed by atoms with Gasteiger partial charge >= 0.3 is 17.9 Å². The van der Waals surface area contributed by atoms with Crippen molar-refractivity contribution >= 4 is 17.9 Å². The second-order valence-corrected chi connectivity index (χ2v) is 21.7. The summed E-state index contributed by atoms with van der Waals surface area (Å²) in [5.74, 6) is -0.861. The molecule has 0 saturated carbocycles. The zero-order valence-electron chi connectivity index (χ0n) is 49.4. The Morgan fingerprint density at radius 3 is 0.824 bits per heavy atom. The summed E-state index contributed by atoms with van der Waals surface area (Å²) in [5, 5.41) is 0. The van der Waals surface area contributed by atoms with E-state index in [-0.39, 0.29) is 31.1 Å². The molecular formula is C68H122O6. The van der Waals surface area contributed by atoms with Crippen LogP contribution >= 0.6 is 0 Å². The fraction of sp³-hybridized carbons (Fsp3) is 0.809. The van der Waals surface area contributed by atoms with Gasteiger partial charge in [0, 0.05) is 19.3 Å². The van der Waals surface area contributed by atoms with Crippen molar-refractivity contribution in [2.75, 3.05) is 13.2 Å². The van der Waals surface area contributed by atoms with Crippen molar-refractivity contribution in [1.82, 2.24) is 0 Å². The summed E-state index contributed by atoms with van der Waals surface area (Å²) in [6, 6.07) is 0. The molecule has 0 rings (SSSR count). The number of rotatable bonds is 59. The van der Waals surface area contributed by atoms with Crippen LogP contribution in [-0.4, -0.2) is 37.2 Å². The maximum Gasteiger partial charge on any atom is 0.306 e. The molecule has 0 fully saturated rings. The fourth-order valence-electron chi connectivity index (χ4n) is 9.47. The Balaban J connectivity index is 4.19. The number of esters is 3. The molecule has 0 bridgehead atoms. The summed E-state index contributed by atoms with van der Waals surface area (Å²) in [7, 11) is 0. The van der Waals surface area contributed by atoms with Gasteiger partial charge in [-0.2, -0.15) is 0 Å². The Labute approximate surface area is 460 Å². The quantitative estimate of drug-likeness (QED) is 0.0261. The lowest BCUT2D eigenvalue weighted by atomic mass is 10.0. The molecule has 0 saturated heterocycles. The highest BCUT2D eigenvalue weighted by Crippen LogP contribution is 2.18. The number of allylic oxidation sites excluding steroid dienone is 10. The standard InChI is InChI=1S/C68H122O6/c1-4-7-10-13-16-19-21-23-25-27-29-31-33-34-35-37-38-40-42-44-46-49-52-55-58-61-67(70)73-64-65(63-72-66(69)60-57-54-51-48-18-15-12-9-6-3)74-68(71)62-59-56-53-50-47-45-43-41-39-36-32-30-28-26-24-22-20-17-14-11-8-5-2/h7,10,16,19,23,25,29,31,34-35,65H,4-6,8-9,11-15,17-18,20-22,24,26-28,30,32-33,36-64H2,1-3H3/b10-7-,19-16-,25-23-,31-29-,35-34-. The summed E-state index contributed by atoms with van der Waals surface area (Å²) in [6.45, 7) is 6.55. The predicted molar refractivity (Wildman–Crippen MR) is 321 cm³/mol. The van der Waals surface area contributed by atoms with Crippen LogP contribution in [-0.2, 0) is 28.6 Å². The molecule has 6 nitrogen and oxygen atoms in total. The van der Waals surface area contributed by atoms with Gasteiger partial charge in [0.2, 0.25) is 0 Å². The van der Waals surface area contributed by atoms with Gasteiger partial charge < -0.3 is 14.2 Å². The molecule has 0 aromatic carbocycles. The molecule has 6 heteroatoms. The molecule has 0 aliphatic heterocycles. The molecule has 0 aromatic heterocycles. The van der Waals surface area contributed by atoms with Gasteiger partial charge in [-0.05, 0) is 64.2 Å². The minimum absolute atomic E-state index is 0.0714. The molecule has 74 heavy (non-hydrogen) atoms. The van der Waals surface area contributed by atoms with Crippen LogP contribution in [0.4, 0.5) is 0 Å². The van der Waals surface area contributed by atoms with Crippen molar-refractivity contribution in [1.29, 1.82) is 0 Å². The summed E-state index contributed by atoms with van der Waals surface area (Å²) >= 11 is 0. The van der Waals surface area contributed by atoms with Gasteiger partial charge in [0.1, 0.15) is 13.2 Å². The van der Waals surface area contributed by atoms with E-state index in [0.29, 0.717) is 19.3 Å². The molecule has 0 aliphatic carbocycles. The van der Waals surface area contributed by atoms with Crippen LogP contribution in [0.25, 0.3) is 0 Å². The molecule has 1 atom stereocenters. The van der Waals surface area contributed by atoms with E-state index in [0.717, 1.165) is 96.3 Å². The molecule has 0 heterocycles. The largest absolute Gasteiger partial charge is 0.462 e. The number of hydrogen-bond donors (Lipinski definition) is 0. The van der Waals surface area contributed by atoms with E-state index in [9.17, 15) is 14.4 Å². The molecule has 1 unspecified atom stereocenters. The topological polar surface area (TPSA) is 78.9 Å². The van der Waals surface area contributed by atoms with Crippen molar-refractivity contribution in [3.63, 3.8) is 0 Å². The number of carbonyl (C=O) groups excluding carboxylic acids is 3. The van der Waals surface area contributed by atoms with Crippen LogP contribution in [0.1, 0.15) is 335 Å². The third-order valence-corrected chi connectivity index (χ3v) is 14.3. The van der Waals surface area contributed by atoms with Crippen LogP contribution < -0.4 is 0 Å². The maximum atomic E-state index is 12.9. The zero-order chi connectivity index (χ0) is 53.6. The molecule has 0 aromatic rings. The van der Waals surface area contributed by atoms with Crippen molar-refractivity contribution in [2.24, 2.45) is 0 Å². The monoisotopic (exact) mass is 1030 g/mol. The van der Waals surface area contributed by atoms with Gasteiger partial charge in [-0.1, -0.05) is 313 Å². The minimum atomic E-state index is -0.773. The lowest BCUT2D eigenvalue weighted by Crippen LogP contribution is -2.30. The third-order valence-electron chi connectivity index (χ3n) is 14.3. The number of carbonyl (C=O) groups is 3. The van der Waals surface area contributed by atoms with Crippen LogP contribution in [0, 0.1) is 0 Å². The average molecular weight is 1040 g/mol. The SMILES string of the molecule is CC/C=C\C/C=C\C/C=C\C/C=C\C/C=C\CCCCCCCCCCCC(=O)OCC(COC(=O)CCCCCCCCCCC)OC(=O)CCCCCCCCCCCCCCCCCCCCCCCC. The molecule has 0 spiro atoms. The van der Waals surface area contributed by atoms with Crippen molar-refractivity contribution in [3.8, 4) is 0 Å². The second-order valence-electron chi connectivity index (χ2n) is 21.7. The van der Waals surface area contributed by atoms with E-state index in [1.807, 2.05) is 0 Å². The molecule has 0 radical (unpaired) electrons. The summed E-state index contributed by atoms with van der Waals surface area (Å²) in [5.41, 5.74) is 0. The van der Waals surface area contributed by atoms with Gasteiger partial charge in [-0.3, -0.25) is 14.4 Å². The molecule has 0 N–H and O–H groups in total. The Morgan fingerprint density at radius 1 is 0.284 bits per heavy atom. The highest BCUT2D eigenvalue weighted by molar-refractivity contribution is 5.71. The summed E-state index contributed by atoms with van der Waals surface area (Å²) < 4.78 is 16.9. The van der Waals surface area contributed by atoms with Crippen molar-refractivity contribution in [3.05, 3.63) is 60.8 Å². The van der Waals surface area contributed by atoms with E-state index in [2.05, 4.69) is 81.5 Å². The average Bonchev–Trinajstić information content (AvgIpc) is 3.40. The Kier molecular flexibility index (Phi) is 60.2. The molecule has 0 aliphatic rings. The van der Waals surface area contributed by atoms with E-state index in [1.54, 1.807) is 0 Å². The number of hydrogen-bond acceptors (Lipinski definition) is 6. The number of unbranched alkanes of at least 4 members (excludes halogenated alkanes) is 38. The van der Waals surface area contributed by atoms with Gasteiger partial charge in [0.25, 0.3) is 0 Å². The predicted octanol–water partition coefficient (Wildman–Crippen LogP) is 21.9. The first-order chi connectivity index (χ1) is 36.5. The van der Waals surface area contributed by atoms with Crippen molar-refractivity contribution < 1.29 is 28.6 Å². The Hall–Kier alpha value is -2.89. The fourth-order valence-corrected chi connectivity index (χ4v) is 9.47. The van der Waals surface area contributed by atoms with Crippen LogP contribution in [0.5, 0.6) is 0 Å². The van der Waals surface area contributed by atoms with Crippen LogP contribution in [0.15, 0.2) is 60.8 Å². The maximum absolute atomic E-state index is 12.9. The molecule has 430 valence electrons. The normalized spacial score (nSPS) is 12.4. The van der Waals surface area contributed by atoms with Gasteiger partial charge in [0.05, 0.1) is 0 Å². The smallest absolute Gasteiger partial charge is 0.306 e. The zero-order valence-corrected chi connectivity index (χ0v) is 49.4. The van der Waals surface area contributed by atoms with Gasteiger partial charge in [-0.25, -0.2) is 0 Å². The highest BCUT2D eigenvalue weighted by atomic mass is 16.6. The van der Waals surface area contributed by atoms with Gasteiger partial charge in [-0.15, -0.1) is 0 Å². The van der Waals surface area contributed by atoms with E-state index < -0.39 is 6.10 Å². The van der Waals surface area contributed by atoms with E-state index >= 15 is 0 Å². The lowest BCUT2D eigenvalue weighted by Gasteiger charge is -2.18. The van der Waals surface area contributed by atoms with Crippen LogP contribution in [0.2, 0.25) is 0 Å². The van der Waals surface area contributed by atoms with Crippen molar-refractivity contribution in [2.45, 2.75) is 341 Å². The van der Waals surface area contributed by atoms with Gasteiger partial charge in [0.15, 0.2) is 6.10 Å². The summed E-state index contributed by atoms with van der Waals surface area (Å²) in [4.78, 5) is 38.2. The molecule has 0 amide bonds. The first-order valence-electron chi connectivity index (χ1n) is 32.3. The lowest BCUT2D eigenvalue weighted by molar-refractivity contribution is -0.167. The van der Waals surface area contributed by atoms with E-state index in [4.69, 9.17) is 14.2 Å². The Bertz CT molecular complexity index is 1330. The third kappa shape index (κ3) is 60.0. The minimum Gasteiger partial charge on any atom is -0.462 e. The highest BCUT2D eigenvalue weighted by Gasteiger charge is 2.19. The Morgan fingerprint density at radius 2 is 0.527 bits per heavy atom. The first-order valence-corrected chi connectivity index (χ1v) is 32.3. The first kappa shape index (κ1) is 71.1. The molecular weight excluding hydrogens is 913 g/mol. The van der Waals surface area contributed by atoms with E-state index in [1.165, 1.54) is 199 Å². The second kappa shape index (κ2) is 62.6. The number of ether oxygens (including phenoxy) is 3. The summed E-state index contributed by atoms with van der Waals surface area (Å²) in [6.07, 6.45) is 79.5. The van der Waals surface area contributed by atoms with Crippen LogP contribution in [0.3, 0.4) is 0 Å².